The maximum atomic E-state index is 12.0. The van der Waals surface area contributed by atoms with Crippen molar-refractivity contribution in [3.63, 3.8) is 0 Å². The van der Waals surface area contributed by atoms with Gasteiger partial charge in [0.2, 0.25) is 5.91 Å². The van der Waals surface area contributed by atoms with Crippen LogP contribution in [0.2, 0.25) is 0 Å². The Kier molecular flexibility index (Phi) is 6.66. The predicted molar refractivity (Wildman–Crippen MR) is 84.9 cm³/mol. The molecule has 4 heteroatoms. The summed E-state index contributed by atoms with van der Waals surface area (Å²) in [5.41, 5.74) is 2.47. The fraction of sp³-hybridized carbons (Fsp3) is 0.412. The van der Waals surface area contributed by atoms with Gasteiger partial charge in [-0.2, -0.15) is 0 Å². The predicted octanol–water partition coefficient (Wildman–Crippen LogP) is 2.80. The molecule has 0 fully saturated rings. The van der Waals surface area contributed by atoms with Crippen LogP contribution < -0.4 is 10.6 Å². The van der Waals surface area contributed by atoms with Gasteiger partial charge in [-0.25, -0.2) is 0 Å². The summed E-state index contributed by atoms with van der Waals surface area (Å²) < 4.78 is 0. The Morgan fingerprint density at radius 2 is 2.00 bits per heavy atom. The average Bonchev–Trinajstić information content (AvgIpc) is 2.44. The molecule has 2 amide bonds. The van der Waals surface area contributed by atoms with E-state index in [4.69, 9.17) is 0 Å². The summed E-state index contributed by atoms with van der Waals surface area (Å²) in [5, 5.41) is 5.73. The van der Waals surface area contributed by atoms with Gasteiger partial charge in [-0.05, 0) is 44.9 Å². The van der Waals surface area contributed by atoms with Crippen LogP contribution in [0.15, 0.2) is 35.9 Å². The van der Waals surface area contributed by atoms with Gasteiger partial charge in [0.05, 0.1) is 0 Å². The van der Waals surface area contributed by atoms with Crippen molar-refractivity contribution in [2.75, 3.05) is 0 Å². The van der Waals surface area contributed by atoms with Crippen molar-refractivity contribution in [2.24, 2.45) is 0 Å². The second-order valence-corrected chi connectivity index (χ2v) is 5.42. The molecule has 1 atom stereocenters. The molecule has 21 heavy (non-hydrogen) atoms. The summed E-state index contributed by atoms with van der Waals surface area (Å²) in [6, 6.07) is 7.45. The molecule has 114 valence electrons. The number of rotatable bonds is 6. The summed E-state index contributed by atoms with van der Waals surface area (Å²) in [7, 11) is 0. The number of hydrogen-bond donors (Lipinski definition) is 2. The molecule has 1 rings (SSSR count). The number of carbonyl (C=O) groups is 2. The van der Waals surface area contributed by atoms with Crippen molar-refractivity contribution in [2.45, 2.75) is 46.7 Å². The lowest BCUT2D eigenvalue weighted by Crippen LogP contribution is -2.32. The van der Waals surface area contributed by atoms with E-state index in [1.807, 2.05) is 39.8 Å². The third-order valence-corrected chi connectivity index (χ3v) is 3.07. The Morgan fingerprint density at radius 1 is 1.29 bits per heavy atom. The van der Waals surface area contributed by atoms with E-state index in [1.165, 1.54) is 0 Å². The molecule has 0 aliphatic heterocycles. The molecule has 0 radical (unpaired) electrons. The first-order chi connectivity index (χ1) is 9.92. The van der Waals surface area contributed by atoms with Crippen LogP contribution in [0.5, 0.6) is 0 Å². The Balaban J connectivity index is 2.66. The van der Waals surface area contributed by atoms with Gasteiger partial charge in [0, 0.05) is 24.2 Å². The van der Waals surface area contributed by atoms with Gasteiger partial charge < -0.3 is 10.6 Å². The molecule has 0 unspecified atom stereocenters. The molecule has 0 saturated carbocycles. The van der Waals surface area contributed by atoms with E-state index in [1.54, 1.807) is 18.2 Å². The average molecular weight is 288 g/mol. The third-order valence-electron chi connectivity index (χ3n) is 3.07. The first-order valence-electron chi connectivity index (χ1n) is 7.25. The number of nitrogens with one attached hydrogen (secondary N) is 2. The highest BCUT2D eigenvalue weighted by Crippen LogP contribution is 2.06. The fourth-order valence-electron chi connectivity index (χ4n) is 1.73. The second kappa shape index (κ2) is 8.25. The minimum atomic E-state index is -0.121. The van der Waals surface area contributed by atoms with Gasteiger partial charge in [0.1, 0.15) is 0 Å². The molecule has 0 aliphatic carbocycles. The number of carbonyl (C=O) groups excluding carboxylic acids is 2. The Labute approximate surface area is 126 Å². The molecule has 0 aromatic heterocycles. The van der Waals surface area contributed by atoms with Crippen LogP contribution in [0.25, 0.3) is 0 Å². The van der Waals surface area contributed by atoms with Crippen LogP contribution in [0.4, 0.5) is 0 Å². The third kappa shape index (κ3) is 6.25. The molecular weight excluding hydrogens is 264 g/mol. The summed E-state index contributed by atoms with van der Waals surface area (Å²) >= 11 is 0. The van der Waals surface area contributed by atoms with E-state index in [0.717, 1.165) is 17.6 Å². The zero-order valence-electron chi connectivity index (χ0n) is 13.2. The van der Waals surface area contributed by atoms with Crippen molar-refractivity contribution >= 4 is 11.8 Å². The van der Waals surface area contributed by atoms with Gasteiger partial charge in [0.15, 0.2) is 0 Å². The number of allylic oxidation sites excluding steroid dienone is 1. The highest BCUT2D eigenvalue weighted by molar-refractivity contribution is 5.94. The Bertz CT molecular complexity index is 531. The van der Waals surface area contributed by atoms with Crippen molar-refractivity contribution in [1.29, 1.82) is 0 Å². The summed E-state index contributed by atoms with van der Waals surface area (Å²) in [6.07, 6.45) is 2.45. The van der Waals surface area contributed by atoms with Crippen LogP contribution in [0, 0.1) is 0 Å². The molecule has 0 bridgehead atoms. The van der Waals surface area contributed by atoms with Crippen LogP contribution in [0.3, 0.4) is 0 Å². The van der Waals surface area contributed by atoms with Gasteiger partial charge in [-0.15, -0.1) is 0 Å². The lowest BCUT2D eigenvalue weighted by molar-refractivity contribution is -0.116. The van der Waals surface area contributed by atoms with Crippen LogP contribution in [-0.2, 0) is 11.3 Å². The van der Waals surface area contributed by atoms with Gasteiger partial charge in [0.25, 0.3) is 5.91 Å². The smallest absolute Gasteiger partial charge is 0.251 e. The van der Waals surface area contributed by atoms with E-state index in [0.29, 0.717) is 12.1 Å². The molecule has 0 aliphatic rings. The monoisotopic (exact) mass is 288 g/mol. The maximum absolute atomic E-state index is 12.0. The van der Waals surface area contributed by atoms with Gasteiger partial charge in [-0.3, -0.25) is 9.59 Å². The van der Waals surface area contributed by atoms with Gasteiger partial charge >= 0.3 is 0 Å². The zero-order valence-corrected chi connectivity index (χ0v) is 13.2. The molecule has 0 heterocycles. The Hall–Kier alpha value is -2.10. The summed E-state index contributed by atoms with van der Waals surface area (Å²) in [6.45, 7) is 8.16. The van der Waals surface area contributed by atoms with Crippen LogP contribution in [0.1, 0.15) is 50.0 Å². The minimum absolute atomic E-state index is 0.0816. The largest absolute Gasteiger partial charge is 0.350 e. The highest BCUT2D eigenvalue weighted by Gasteiger charge is 2.09. The summed E-state index contributed by atoms with van der Waals surface area (Å²) in [4.78, 5) is 23.6. The molecule has 1 aromatic rings. The maximum Gasteiger partial charge on any atom is 0.251 e. The second-order valence-electron chi connectivity index (χ2n) is 5.42. The molecule has 1 aromatic carbocycles. The molecular formula is C17H24N2O2. The first-order valence-corrected chi connectivity index (χ1v) is 7.25. The van der Waals surface area contributed by atoms with Crippen molar-refractivity contribution in [1.82, 2.24) is 10.6 Å². The van der Waals surface area contributed by atoms with Crippen molar-refractivity contribution in [3.8, 4) is 0 Å². The van der Waals surface area contributed by atoms with Crippen molar-refractivity contribution in [3.05, 3.63) is 47.0 Å². The standard InChI is InChI=1S/C17H24N2O2/c1-5-13(4)19-17(21)15-8-6-7-14(10-15)11-18-16(20)9-12(2)3/h6-10,13H,5,11H2,1-4H3,(H,18,20)(H,19,21)/t13-/m0/s1. The molecule has 0 spiro atoms. The fourth-order valence-corrected chi connectivity index (χ4v) is 1.73. The Morgan fingerprint density at radius 3 is 2.62 bits per heavy atom. The SMILES string of the molecule is CC[C@H](C)NC(=O)c1cccc(CNC(=O)C=C(C)C)c1. The lowest BCUT2D eigenvalue weighted by atomic mass is 10.1. The summed E-state index contributed by atoms with van der Waals surface area (Å²) in [5.74, 6) is -0.203. The highest BCUT2D eigenvalue weighted by atomic mass is 16.2. The van der Waals surface area contributed by atoms with E-state index in [2.05, 4.69) is 10.6 Å². The minimum Gasteiger partial charge on any atom is -0.350 e. The van der Waals surface area contributed by atoms with Crippen LogP contribution >= 0.6 is 0 Å². The normalized spacial score (nSPS) is 11.4. The zero-order chi connectivity index (χ0) is 15.8. The van der Waals surface area contributed by atoms with E-state index in [9.17, 15) is 9.59 Å². The van der Waals surface area contributed by atoms with Crippen molar-refractivity contribution < 1.29 is 9.59 Å². The van der Waals surface area contributed by atoms with E-state index >= 15 is 0 Å². The quantitative estimate of drug-likeness (QED) is 0.791. The number of amides is 2. The van der Waals surface area contributed by atoms with E-state index < -0.39 is 0 Å². The topological polar surface area (TPSA) is 58.2 Å². The molecule has 0 saturated heterocycles. The van der Waals surface area contributed by atoms with Crippen LogP contribution in [-0.4, -0.2) is 17.9 Å². The molecule has 2 N–H and O–H groups in total. The number of benzene rings is 1. The van der Waals surface area contributed by atoms with Gasteiger partial charge in [-0.1, -0.05) is 24.6 Å². The molecule has 4 nitrogen and oxygen atoms in total. The lowest BCUT2D eigenvalue weighted by Gasteiger charge is -2.12. The number of hydrogen-bond acceptors (Lipinski definition) is 2. The first kappa shape index (κ1) is 17.0. The van der Waals surface area contributed by atoms with E-state index in [-0.39, 0.29) is 17.9 Å².